The van der Waals surface area contributed by atoms with E-state index in [1.807, 2.05) is 18.2 Å². The molecule has 0 aromatic heterocycles. The van der Waals surface area contributed by atoms with E-state index in [1.54, 1.807) is 0 Å². The Labute approximate surface area is 97.3 Å². The molecule has 0 saturated heterocycles. The van der Waals surface area contributed by atoms with Crippen LogP contribution < -0.4 is 10.9 Å². The second kappa shape index (κ2) is 4.80. The summed E-state index contributed by atoms with van der Waals surface area (Å²) >= 11 is 0. The lowest BCUT2D eigenvalue weighted by atomic mass is 10.1. The second-order valence-electron chi connectivity index (χ2n) is 5.06. The van der Waals surface area contributed by atoms with E-state index in [2.05, 4.69) is 25.7 Å². The van der Waals surface area contributed by atoms with Crippen molar-refractivity contribution >= 4 is 19.2 Å². The normalized spacial score (nSPS) is 13.5. The first-order valence-corrected chi connectivity index (χ1v) is 8.89. The predicted octanol–water partition coefficient (Wildman–Crippen LogP) is 1.19. The molecule has 0 fully saturated rings. The fraction of sp³-hybridized carbons (Fsp3) is 0.417. The van der Waals surface area contributed by atoms with Crippen LogP contribution in [0.2, 0.25) is 19.6 Å². The van der Waals surface area contributed by atoms with Gasteiger partial charge in [0, 0.05) is 0 Å². The third kappa shape index (κ3) is 3.18. The average Bonchev–Trinajstić information content (AvgIpc) is 2.16. The number of aliphatic carboxylic acids is 1. The van der Waals surface area contributed by atoms with Gasteiger partial charge in [-0.2, -0.15) is 0 Å². The number of carbonyl (C=O) groups is 1. The number of carboxylic acids is 1. The molecule has 88 valence electrons. The molecule has 1 aromatic carbocycles. The molecule has 0 heterocycles. The Morgan fingerprint density at radius 2 is 1.94 bits per heavy atom. The number of hydrogen-bond donors (Lipinski definition) is 2. The smallest absolute Gasteiger partial charge is 0.320 e. The van der Waals surface area contributed by atoms with Crippen LogP contribution >= 0.6 is 0 Å². The lowest BCUT2D eigenvalue weighted by Crippen LogP contribution is -2.42. The van der Waals surface area contributed by atoms with Crippen LogP contribution in [0.5, 0.6) is 0 Å². The maximum Gasteiger partial charge on any atom is 0.320 e. The highest BCUT2D eigenvalue weighted by Crippen LogP contribution is 2.09. The maximum atomic E-state index is 10.8. The summed E-state index contributed by atoms with van der Waals surface area (Å²) in [6.07, 6.45) is 0.412. The third-order valence-electron chi connectivity index (χ3n) is 2.58. The molecular formula is C12H19NO2Si. The summed E-state index contributed by atoms with van der Waals surface area (Å²) in [6, 6.07) is 7.21. The highest BCUT2D eigenvalue weighted by molar-refractivity contribution is 6.89. The second-order valence-corrected chi connectivity index (χ2v) is 10.1. The predicted molar refractivity (Wildman–Crippen MR) is 68.7 cm³/mol. The number of benzene rings is 1. The van der Waals surface area contributed by atoms with E-state index in [-0.39, 0.29) is 0 Å². The zero-order valence-electron chi connectivity index (χ0n) is 10.0. The Kier molecular flexibility index (Phi) is 3.88. The molecule has 0 radical (unpaired) electrons. The van der Waals surface area contributed by atoms with Gasteiger partial charge in [-0.1, -0.05) is 49.1 Å². The Balaban J connectivity index is 3.01. The monoisotopic (exact) mass is 237 g/mol. The van der Waals surface area contributed by atoms with Crippen molar-refractivity contribution in [2.45, 2.75) is 32.1 Å². The fourth-order valence-corrected chi connectivity index (χ4v) is 3.50. The number of rotatable bonds is 4. The summed E-state index contributed by atoms with van der Waals surface area (Å²) in [5, 5.41) is 10.1. The summed E-state index contributed by atoms with van der Waals surface area (Å²) in [5.41, 5.74) is 6.66. The van der Waals surface area contributed by atoms with Gasteiger partial charge in [0.1, 0.15) is 6.04 Å². The summed E-state index contributed by atoms with van der Waals surface area (Å²) in [7, 11) is -1.43. The van der Waals surface area contributed by atoms with E-state index in [0.717, 1.165) is 5.56 Å². The minimum Gasteiger partial charge on any atom is -0.480 e. The van der Waals surface area contributed by atoms with E-state index in [4.69, 9.17) is 10.8 Å². The van der Waals surface area contributed by atoms with Gasteiger partial charge in [0.05, 0.1) is 8.07 Å². The highest BCUT2D eigenvalue weighted by atomic mass is 28.3. The molecule has 0 amide bonds. The van der Waals surface area contributed by atoms with Crippen molar-refractivity contribution in [3.63, 3.8) is 0 Å². The van der Waals surface area contributed by atoms with Gasteiger partial charge >= 0.3 is 5.97 Å². The van der Waals surface area contributed by atoms with Crippen molar-refractivity contribution in [3.05, 3.63) is 29.8 Å². The summed E-state index contributed by atoms with van der Waals surface area (Å²) in [6.45, 7) is 6.74. The van der Waals surface area contributed by atoms with E-state index < -0.39 is 20.1 Å². The molecular weight excluding hydrogens is 218 g/mol. The summed E-state index contributed by atoms with van der Waals surface area (Å²) in [5.74, 6) is -0.939. The Hall–Kier alpha value is -1.13. The number of carboxylic acid groups (broad SMARTS) is 1. The van der Waals surface area contributed by atoms with Crippen LogP contribution in [0.3, 0.4) is 0 Å². The standard InChI is InChI=1S/C12H19NO2Si/c1-16(2,3)11-7-5-4-6-9(11)8-10(13)12(14)15/h4-7,10H,8,13H2,1-3H3,(H,14,15)/t10-/m0/s1. The van der Waals surface area contributed by atoms with Crippen LogP contribution in [-0.2, 0) is 11.2 Å². The molecule has 0 unspecified atom stereocenters. The number of hydrogen-bond acceptors (Lipinski definition) is 2. The van der Waals surface area contributed by atoms with Crippen LogP contribution in [0, 0.1) is 0 Å². The largest absolute Gasteiger partial charge is 0.480 e. The summed E-state index contributed by atoms with van der Waals surface area (Å²) < 4.78 is 0. The molecule has 1 rings (SSSR count). The lowest BCUT2D eigenvalue weighted by molar-refractivity contribution is -0.138. The van der Waals surface area contributed by atoms with Gasteiger partial charge < -0.3 is 10.8 Å². The zero-order chi connectivity index (χ0) is 12.3. The highest BCUT2D eigenvalue weighted by Gasteiger charge is 2.22. The minimum absolute atomic E-state index is 0.412. The Morgan fingerprint density at radius 3 is 2.44 bits per heavy atom. The van der Waals surface area contributed by atoms with E-state index in [0.29, 0.717) is 6.42 Å². The molecule has 0 saturated carbocycles. The molecule has 0 aliphatic heterocycles. The maximum absolute atomic E-state index is 10.8. The van der Waals surface area contributed by atoms with E-state index >= 15 is 0 Å². The minimum atomic E-state index is -1.43. The van der Waals surface area contributed by atoms with Crippen molar-refractivity contribution in [1.82, 2.24) is 0 Å². The van der Waals surface area contributed by atoms with Crippen molar-refractivity contribution < 1.29 is 9.90 Å². The first-order valence-electron chi connectivity index (χ1n) is 5.39. The lowest BCUT2D eigenvalue weighted by Gasteiger charge is -2.21. The molecule has 0 aliphatic carbocycles. The molecule has 1 atom stereocenters. The molecule has 1 aromatic rings. The SMILES string of the molecule is C[Si](C)(C)c1ccccc1C[C@H](N)C(=O)O. The van der Waals surface area contributed by atoms with Crippen LogP contribution in [0.15, 0.2) is 24.3 Å². The molecule has 3 nitrogen and oxygen atoms in total. The van der Waals surface area contributed by atoms with Crippen molar-refractivity contribution in [3.8, 4) is 0 Å². The Morgan fingerprint density at radius 1 is 1.38 bits per heavy atom. The van der Waals surface area contributed by atoms with Crippen molar-refractivity contribution in [1.29, 1.82) is 0 Å². The zero-order valence-corrected chi connectivity index (χ0v) is 11.0. The average molecular weight is 237 g/mol. The van der Waals surface area contributed by atoms with E-state index in [9.17, 15) is 4.79 Å². The Bertz CT molecular complexity index is 385. The van der Waals surface area contributed by atoms with Gasteiger partial charge in [0.15, 0.2) is 0 Å². The van der Waals surface area contributed by atoms with Crippen molar-refractivity contribution in [2.24, 2.45) is 5.73 Å². The van der Waals surface area contributed by atoms with Gasteiger partial charge in [0.25, 0.3) is 0 Å². The molecule has 0 aliphatic rings. The number of nitrogens with two attached hydrogens (primary N) is 1. The van der Waals surface area contributed by atoms with Gasteiger partial charge in [-0.15, -0.1) is 0 Å². The molecule has 0 spiro atoms. The van der Waals surface area contributed by atoms with Gasteiger partial charge in [0.2, 0.25) is 0 Å². The fourth-order valence-electron chi connectivity index (χ4n) is 1.75. The third-order valence-corrected chi connectivity index (χ3v) is 4.69. The summed E-state index contributed by atoms with van der Waals surface area (Å²) in [4.78, 5) is 10.8. The molecule has 16 heavy (non-hydrogen) atoms. The molecule has 3 N–H and O–H groups in total. The van der Waals surface area contributed by atoms with Gasteiger partial charge in [-0.05, 0) is 12.0 Å². The quantitative estimate of drug-likeness (QED) is 0.773. The van der Waals surface area contributed by atoms with Crippen LogP contribution in [-0.4, -0.2) is 25.2 Å². The van der Waals surface area contributed by atoms with Crippen LogP contribution in [0.25, 0.3) is 0 Å². The van der Waals surface area contributed by atoms with Crippen LogP contribution in [0.4, 0.5) is 0 Å². The first-order chi connectivity index (χ1) is 7.32. The van der Waals surface area contributed by atoms with Gasteiger partial charge in [-0.25, -0.2) is 0 Å². The van der Waals surface area contributed by atoms with Crippen LogP contribution in [0.1, 0.15) is 5.56 Å². The van der Waals surface area contributed by atoms with E-state index in [1.165, 1.54) is 5.19 Å². The first kappa shape index (κ1) is 12.9. The molecule has 4 heteroatoms. The van der Waals surface area contributed by atoms with Crippen molar-refractivity contribution in [2.75, 3.05) is 0 Å². The van der Waals surface area contributed by atoms with Gasteiger partial charge in [-0.3, -0.25) is 4.79 Å². The topological polar surface area (TPSA) is 63.3 Å². The molecule has 0 bridgehead atoms.